The SMILES string of the molecule is CCCCCCCC/C=C\CCCCCCCC(=O)O[C@H](COC(=O)CCC/C=C\C/C=C\C/C=C\C/C=C\CC(O)CCC)COP(=O)(O)OC[C@@H](O)COP(=O)(O)O. The van der Waals surface area contributed by atoms with E-state index >= 15 is 0 Å². The molecule has 4 atom stereocenters. The van der Waals surface area contributed by atoms with Gasteiger partial charge in [0, 0.05) is 12.8 Å². The van der Waals surface area contributed by atoms with E-state index < -0.39 is 66.2 Å². The van der Waals surface area contributed by atoms with Crippen LogP contribution in [0.2, 0.25) is 0 Å². The Morgan fingerprint density at radius 1 is 0.517 bits per heavy atom. The lowest BCUT2D eigenvalue weighted by molar-refractivity contribution is -0.161. The van der Waals surface area contributed by atoms with Gasteiger partial charge in [0.25, 0.3) is 0 Å². The van der Waals surface area contributed by atoms with Crippen molar-refractivity contribution >= 4 is 27.6 Å². The number of unbranched alkanes of at least 4 members (excludes halogenated alkanes) is 12. The van der Waals surface area contributed by atoms with Crippen molar-refractivity contribution in [2.24, 2.45) is 0 Å². The molecule has 16 heteroatoms. The normalized spacial score (nSPS) is 15.1. The number of hydrogen-bond acceptors (Lipinski definition) is 11. The summed E-state index contributed by atoms with van der Waals surface area (Å²) in [5.41, 5.74) is 0. The molecule has 0 aliphatic carbocycles. The van der Waals surface area contributed by atoms with Gasteiger partial charge in [-0.05, 0) is 77.0 Å². The predicted molar refractivity (Wildman–Crippen MR) is 236 cm³/mol. The minimum Gasteiger partial charge on any atom is -0.462 e. The van der Waals surface area contributed by atoms with Gasteiger partial charge in [-0.2, -0.15) is 0 Å². The highest BCUT2D eigenvalue weighted by molar-refractivity contribution is 7.47. The van der Waals surface area contributed by atoms with Gasteiger partial charge in [-0.3, -0.25) is 23.2 Å². The summed E-state index contributed by atoms with van der Waals surface area (Å²) < 4.78 is 47.7. The van der Waals surface area contributed by atoms with E-state index in [4.69, 9.17) is 23.8 Å². The summed E-state index contributed by atoms with van der Waals surface area (Å²) in [4.78, 5) is 52.7. The molecule has 0 saturated carbocycles. The van der Waals surface area contributed by atoms with Crippen LogP contribution in [0.4, 0.5) is 0 Å². The van der Waals surface area contributed by atoms with Gasteiger partial charge in [-0.1, -0.05) is 132 Å². The predicted octanol–water partition coefficient (Wildman–Crippen LogP) is 10.2. The van der Waals surface area contributed by atoms with Crippen molar-refractivity contribution in [3.8, 4) is 0 Å². The van der Waals surface area contributed by atoms with Crippen LogP contribution in [0.5, 0.6) is 0 Å². The zero-order valence-electron chi connectivity index (χ0n) is 36.4. The summed E-state index contributed by atoms with van der Waals surface area (Å²) >= 11 is 0. The zero-order valence-corrected chi connectivity index (χ0v) is 38.2. The molecule has 0 spiro atoms. The smallest absolute Gasteiger partial charge is 0.462 e. The first-order valence-electron chi connectivity index (χ1n) is 22.1. The molecule has 0 aliphatic rings. The standard InChI is InChI=1S/C44H78O14P2/c1-3-5-6-7-8-9-10-11-12-15-19-22-25-28-31-35-44(48)58-42(39-57-60(52,53)56-37-41(46)36-55-59(49,50)51)38-54-43(47)34-30-27-24-21-18-16-13-14-17-20-23-26-29-33-40(45)32-4-2/h11-13,16-17,20-21,24,26,29,40-42,45-46H,3-10,14-15,18-19,22-23,25,27-28,30-39H2,1-2H3,(H,52,53)(H2,49,50,51)/b12-11-,16-13-,20-17-,24-21-,29-26-/t40?,41-,42+/m0/s1. The van der Waals surface area contributed by atoms with Crippen molar-refractivity contribution in [1.82, 2.24) is 0 Å². The fourth-order valence-electron chi connectivity index (χ4n) is 5.58. The lowest BCUT2D eigenvalue weighted by atomic mass is 10.1. The second-order valence-corrected chi connectivity index (χ2v) is 17.5. The first kappa shape index (κ1) is 57.8. The fraction of sp³-hybridized carbons (Fsp3) is 0.727. The number of ether oxygens (including phenoxy) is 2. The highest BCUT2D eigenvalue weighted by Gasteiger charge is 2.28. The van der Waals surface area contributed by atoms with Crippen molar-refractivity contribution < 1.29 is 66.7 Å². The average molecular weight is 893 g/mol. The van der Waals surface area contributed by atoms with Crippen LogP contribution in [0.1, 0.15) is 162 Å². The Labute approximate surface area is 360 Å². The number of aliphatic hydroxyl groups excluding tert-OH is 2. The molecule has 0 rings (SSSR count). The van der Waals surface area contributed by atoms with Crippen LogP contribution in [-0.2, 0) is 41.8 Å². The van der Waals surface area contributed by atoms with E-state index in [1.807, 2.05) is 18.2 Å². The second kappa shape index (κ2) is 39.6. The third-order valence-electron chi connectivity index (χ3n) is 8.92. The fourth-order valence-corrected chi connectivity index (χ4v) is 6.74. The molecule has 2 unspecified atom stereocenters. The molecule has 0 aromatic rings. The monoisotopic (exact) mass is 892 g/mol. The molecule has 0 amide bonds. The van der Waals surface area contributed by atoms with E-state index in [1.54, 1.807) is 0 Å². The minimum absolute atomic E-state index is 0.100. The maximum absolute atomic E-state index is 12.7. The highest BCUT2D eigenvalue weighted by Crippen LogP contribution is 2.43. The van der Waals surface area contributed by atoms with Crippen molar-refractivity contribution in [1.29, 1.82) is 0 Å². The van der Waals surface area contributed by atoms with Crippen LogP contribution in [0.15, 0.2) is 60.8 Å². The summed E-state index contributed by atoms with van der Waals surface area (Å²) in [6.07, 6.45) is 38.5. The molecule has 14 nitrogen and oxygen atoms in total. The molecule has 60 heavy (non-hydrogen) atoms. The van der Waals surface area contributed by atoms with Crippen LogP contribution in [0, 0.1) is 0 Å². The Kier molecular flexibility index (Phi) is 38.1. The summed E-state index contributed by atoms with van der Waals surface area (Å²) in [6.45, 7) is 1.47. The van der Waals surface area contributed by atoms with Crippen molar-refractivity contribution in [2.45, 2.75) is 180 Å². The van der Waals surface area contributed by atoms with Gasteiger partial charge in [0.1, 0.15) is 12.7 Å². The van der Waals surface area contributed by atoms with E-state index in [2.05, 4.69) is 65.4 Å². The number of carbonyl (C=O) groups excluding carboxylic acids is 2. The molecule has 0 aromatic carbocycles. The van der Waals surface area contributed by atoms with Gasteiger partial charge in [-0.25, -0.2) is 9.13 Å². The molecule has 0 heterocycles. The number of esters is 2. The van der Waals surface area contributed by atoms with E-state index in [9.17, 15) is 33.8 Å². The molecule has 0 fully saturated rings. The van der Waals surface area contributed by atoms with Gasteiger partial charge >= 0.3 is 27.6 Å². The van der Waals surface area contributed by atoms with Crippen LogP contribution in [0.3, 0.4) is 0 Å². The molecule has 5 N–H and O–H groups in total. The van der Waals surface area contributed by atoms with Gasteiger partial charge in [0.15, 0.2) is 6.10 Å². The van der Waals surface area contributed by atoms with Crippen LogP contribution in [-0.4, -0.2) is 81.6 Å². The van der Waals surface area contributed by atoms with E-state index in [1.165, 1.54) is 38.5 Å². The summed E-state index contributed by atoms with van der Waals surface area (Å²) in [6, 6.07) is 0. The quantitative estimate of drug-likeness (QED) is 0.0167. The average Bonchev–Trinajstić information content (AvgIpc) is 3.20. The van der Waals surface area contributed by atoms with Crippen LogP contribution < -0.4 is 0 Å². The molecular weight excluding hydrogens is 814 g/mol. The number of hydrogen-bond donors (Lipinski definition) is 5. The summed E-state index contributed by atoms with van der Waals surface area (Å²) in [5.74, 6) is -1.13. The van der Waals surface area contributed by atoms with Crippen LogP contribution >= 0.6 is 15.6 Å². The number of phosphoric ester groups is 2. The summed E-state index contributed by atoms with van der Waals surface area (Å²) in [5, 5.41) is 19.5. The van der Waals surface area contributed by atoms with E-state index in [0.717, 1.165) is 70.6 Å². The first-order chi connectivity index (χ1) is 28.8. The van der Waals surface area contributed by atoms with Crippen molar-refractivity contribution in [3.05, 3.63) is 60.8 Å². The first-order valence-corrected chi connectivity index (χ1v) is 25.1. The Balaban J connectivity index is 4.64. The number of rotatable bonds is 41. The number of carbonyl (C=O) groups is 2. The molecule has 348 valence electrons. The summed E-state index contributed by atoms with van der Waals surface area (Å²) in [7, 11) is -9.70. The maximum atomic E-state index is 12.7. The Morgan fingerprint density at radius 3 is 1.60 bits per heavy atom. The van der Waals surface area contributed by atoms with Crippen molar-refractivity contribution in [3.63, 3.8) is 0 Å². The number of aliphatic hydroxyl groups is 2. The Bertz CT molecular complexity index is 1310. The van der Waals surface area contributed by atoms with E-state index in [0.29, 0.717) is 25.7 Å². The van der Waals surface area contributed by atoms with E-state index in [-0.39, 0.29) is 18.9 Å². The molecule has 0 aromatic heterocycles. The van der Waals surface area contributed by atoms with Gasteiger partial charge in [0.05, 0.1) is 25.9 Å². The molecule has 0 saturated heterocycles. The van der Waals surface area contributed by atoms with Gasteiger partial charge in [0.2, 0.25) is 0 Å². The molecule has 0 aliphatic heterocycles. The minimum atomic E-state index is -4.87. The number of phosphoric acid groups is 2. The molecule has 0 radical (unpaired) electrons. The van der Waals surface area contributed by atoms with Crippen LogP contribution in [0.25, 0.3) is 0 Å². The Hall–Kier alpha value is -2.22. The van der Waals surface area contributed by atoms with Gasteiger partial charge in [-0.15, -0.1) is 0 Å². The Morgan fingerprint density at radius 2 is 1.00 bits per heavy atom. The largest absolute Gasteiger partial charge is 0.472 e. The highest BCUT2D eigenvalue weighted by atomic mass is 31.2. The zero-order chi connectivity index (χ0) is 44.6. The molecular formula is C44H78O14P2. The second-order valence-electron chi connectivity index (χ2n) is 14.8. The molecule has 0 bridgehead atoms. The maximum Gasteiger partial charge on any atom is 0.472 e. The topological polar surface area (TPSA) is 216 Å². The lowest BCUT2D eigenvalue weighted by Crippen LogP contribution is -2.30. The lowest BCUT2D eigenvalue weighted by Gasteiger charge is -2.20. The number of allylic oxidation sites excluding steroid dienone is 9. The van der Waals surface area contributed by atoms with Crippen molar-refractivity contribution in [2.75, 3.05) is 26.4 Å². The van der Waals surface area contributed by atoms with Gasteiger partial charge < -0.3 is 34.4 Å². The third-order valence-corrected chi connectivity index (χ3v) is 10.4. The third kappa shape index (κ3) is 42.5.